The van der Waals surface area contributed by atoms with E-state index in [0.717, 1.165) is 0 Å². The Hall–Kier alpha value is -0.980. The summed E-state index contributed by atoms with van der Waals surface area (Å²) in [7, 11) is 0. The highest BCUT2D eigenvalue weighted by atomic mass is 35.5. The quantitative estimate of drug-likeness (QED) is 0.648. The summed E-state index contributed by atoms with van der Waals surface area (Å²) in [6.45, 7) is -0.527. The van der Waals surface area contributed by atoms with Gasteiger partial charge in [-0.3, -0.25) is 4.79 Å². The summed E-state index contributed by atoms with van der Waals surface area (Å²) < 4.78 is 28.0. The van der Waals surface area contributed by atoms with Crippen molar-refractivity contribution in [3.8, 4) is 0 Å². The van der Waals surface area contributed by atoms with Crippen LogP contribution in [0, 0.1) is 0 Å². The van der Waals surface area contributed by atoms with Crippen molar-refractivity contribution in [3.63, 3.8) is 0 Å². The lowest BCUT2D eigenvalue weighted by Crippen LogP contribution is -2.27. The fourth-order valence-electron chi connectivity index (χ4n) is 1.06. The average molecular weight is 299 g/mol. The van der Waals surface area contributed by atoms with Crippen molar-refractivity contribution in [2.24, 2.45) is 0 Å². The molecule has 0 aliphatic heterocycles. The number of aromatic nitrogens is 1. The van der Waals surface area contributed by atoms with E-state index in [0.29, 0.717) is 0 Å². The van der Waals surface area contributed by atoms with E-state index in [1.165, 1.54) is 12.3 Å². The number of halogens is 4. The summed E-state index contributed by atoms with van der Waals surface area (Å²) >= 11 is 11.3. The SMILES string of the molecule is O=C(NCCOCC(F)F)c1cnc(Cl)c(Cl)c1. The molecule has 0 aliphatic rings. The van der Waals surface area contributed by atoms with E-state index in [2.05, 4.69) is 15.0 Å². The van der Waals surface area contributed by atoms with Crippen LogP contribution >= 0.6 is 23.2 Å². The molecular formula is C10H10Cl2F2N2O2. The van der Waals surface area contributed by atoms with Crippen LogP contribution in [0.5, 0.6) is 0 Å². The molecule has 0 saturated heterocycles. The number of alkyl halides is 2. The molecule has 100 valence electrons. The van der Waals surface area contributed by atoms with Crippen LogP contribution in [0.3, 0.4) is 0 Å². The molecule has 8 heteroatoms. The van der Waals surface area contributed by atoms with Crippen molar-refractivity contribution in [2.45, 2.75) is 6.43 Å². The minimum Gasteiger partial charge on any atom is -0.374 e. The second-order valence-corrected chi connectivity index (χ2v) is 3.98. The van der Waals surface area contributed by atoms with Gasteiger partial charge in [-0.15, -0.1) is 0 Å². The van der Waals surface area contributed by atoms with Gasteiger partial charge in [-0.05, 0) is 6.07 Å². The Morgan fingerprint density at radius 1 is 1.50 bits per heavy atom. The summed E-state index contributed by atoms with van der Waals surface area (Å²) in [5.74, 6) is -0.429. The van der Waals surface area contributed by atoms with Gasteiger partial charge in [0, 0.05) is 12.7 Å². The molecule has 0 aliphatic carbocycles. The third kappa shape index (κ3) is 5.12. The minimum atomic E-state index is -2.51. The highest BCUT2D eigenvalue weighted by Crippen LogP contribution is 2.19. The zero-order valence-electron chi connectivity index (χ0n) is 9.13. The number of nitrogens with zero attached hydrogens (tertiary/aromatic N) is 1. The largest absolute Gasteiger partial charge is 0.374 e. The molecule has 1 amide bonds. The standard InChI is InChI=1S/C10H10Cl2F2N2O2/c11-7-3-6(4-16-9(7)12)10(17)15-1-2-18-5-8(13)14/h3-4,8H,1-2,5H2,(H,15,17). The molecule has 0 atom stereocenters. The lowest BCUT2D eigenvalue weighted by atomic mass is 10.3. The van der Waals surface area contributed by atoms with Gasteiger partial charge in [-0.2, -0.15) is 0 Å². The second kappa shape index (κ2) is 7.45. The number of amides is 1. The number of ether oxygens (including phenoxy) is 1. The van der Waals surface area contributed by atoms with Crippen molar-refractivity contribution < 1.29 is 18.3 Å². The zero-order chi connectivity index (χ0) is 13.5. The van der Waals surface area contributed by atoms with Gasteiger partial charge in [0.1, 0.15) is 11.8 Å². The number of carbonyl (C=O) groups is 1. The molecule has 1 rings (SSSR count). The van der Waals surface area contributed by atoms with Crippen LogP contribution in [0.15, 0.2) is 12.3 Å². The summed E-state index contributed by atoms with van der Waals surface area (Å²) in [5, 5.41) is 2.74. The van der Waals surface area contributed by atoms with Crippen LogP contribution in [0.2, 0.25) is 10.2 Å². The van der Waals surface area contributed by atoms with Crippen LogP contribution in [0.4, 0.5) is 8.78 Å². The molecule has 0 aromatic carbocycles. The first-order chi connectivity index (χ1) is 8.50. The maximum Gasteiger partial charge on any atom is 0.261 e. The Labute approximate surface area is 112 Å². The van der Waals surface area contributed by atoms with Crippen molar-refractivity contribution in [3.05, 3.63) is 28.0 Å². The fraction of sp³-hybridized carbons (Fsp3) is 0.400. The molecule has 0 spiro atoms. The molecule has 0 fully saturated rings. The van der Waals surface area contributed by atoms with Crippen molar-refractivity contribution >= 4 is 29.1 Å². The highest BCUT2D eigenvalue weighted by Gasteiger charge is 2.08. The number of pyridine rings is 1. The monoisotopic (exact) mass is 298 g/mol. The van der Waals surface area contributed by atoms with E-state index in [1.54, 1.807) is 0 Å². The summed E-state index contributed by atoms with van der Waals surface area (Å²) in [5.41, 5.74) is 0.234. The molecule has 1 N–H and O–H groups in total. The molecule has 1 aromatic heterocycles. The fourth-order valence-corrected chi connectivity index (χ4v) is 1.33. The van der Waals surface area contributed by atoms with Crippen molar-refractivity contribution in [1.82, 2.24) is 10.3 Å². The molecule has 18 heavy (non-hydrogen) atoms. The van der Waals surface area contributed by atoms with E-state index in [4.69, 9.17) is 23.2 Å². The molecule has 1 aromatic rings. The molecule has 0 unspecified atom stereocenters. The van der Waals surface area contributed by atoms with E-state index in [1.807, 2.05) is 0 Å². The lowest BCUT2D eigenvalue weighted by molar-refractivity contribution is 0.0188. The van der Waals surface area contributed by atoms with Crippen molar-refractivity contribution in [2.75, 3.05) is 19.8 Å². The lowest BCUT2D eigenvalue weighted by Gasteiger charge is -2.06. The van der Waals surface area contributed by atoms with Gasteiger partial charge in [0.25, 0.3) is 12.3 Å². The van der Waals surface area contributed by atoms with Crippen LogP contribution < -0.4 is 5.32 Å². The van der Waals surface area contributed by atoms with Gasteiger partial charge in [0.2, 0.25) is 0 Å². The Kier molecular flexibility index (Phi) is 6.24. The molecule has 0 radical (unpaired) electrons. The van der Waals surface area contributed by atoms with Gasteiger partial charge in [0.15, 0.2) is 0 Å². The highest BCUT2D eigenvalue weighted by molar-refractivity contribution is 6.41. The summed E-state index contributed by atoms with van der Waals surface area (Å²) in [6.07, 6.45) is -1.25. The third-order valence-electron chi connectivity index (χ3n) is 1.83. The number of nitrogens with one attached hydrogen (secondary N) is 1. The number of rotatable bonds is 6. The van der Waals surface area contributed by atoms with Crippen LogP contribution in [-0.4, -0.2) is 37.1 Å². The Morgan fingerprint density at radius 2 is 2.22 bits per heavy atom. The van der Waals surface area contributed by atoms with E-state index < -0.39 is 18.9 Å². The molecule has 1 heterocycles. The maximum atomic E-state index is 11.7. The van der Waals surface area contributed by atoms with Gasteiger partial charge in [-0.25, -0.2) is 13.8 Å². The molecular weight excluding hydrogens is 289 g/mol. The zero-order valence-corrected chi connectivity index (χ0v) is 10.6. The van der Waals surface area contributed by atoms with Gasteiger partial charge in [-0.1, -0.05) is 23.2 Å². The molecule has 0 saturated carbocycles. The van der Waals surface area contributed by atoms with Gasteiger partial charge < -0.3 is 10.1 Å². The smallest absolute Gasteiger partial charge is 0.261 e. The predicted octanol–water partition coefficient (Wildman–Crippen LogP) is 2.40. The van der Waals surface area contributed by atoms with Gasteiger partial charge in [0.05, 0.1) is 17.2 Å². The van der Waals surface area contributed by atoms with E-state index in [9.17, 15) is 13.6 Å². The normalized spacial score (nSPS) is 10.7. The average Bonchev–Trinajstić information content (AvgIpc) is 2.31. The summed E-state index contributed by atoms with van der Waals surface area (Å²) in [4.78, 5) is 15.3. The Morgan fingerprint density at radius 3 is 2.83 bits per heavy atom. The topological polar surface area (TPSA) is 51.2 Å². The van der Waals surface area contributed by atoms with E-state index >= 15 is 0 Å². The van der Waals surface area contributed by atoms with Crippen LogP contribution in [-0.2, 0) is 4.74 Å². The van der Waals surface area contributed by atoms with E-state index in [-0.39, 0.29) is 28.9 Å². The minimum absolute atomic E-state index is 0.00479. The predicted molar refractivity (Wildman–Crippen MR) is 63.4 cm³/mol. The number of carbonyl (C=O) groups excluding carboxylic acids is 1. The first-order valence-corrected chi connectivity index (χ1v) is 5.71. The first kappa shape index (κ1) is 15.1. The Balaban J connectivity index is 2.34. The maximum absolute atomic E-state index is 11.7. The first-order valence-electron chi connectivity index (χ1n) is 4.96. The van der Waals surface area contributed by atoms with Crippen LogP contribution in [0.25, 0.3) is 0 Å². The second-order valence-electron chi connectivity index (χ2n) is 3.22. The van der Waals surface area contributed by atoms with Crippen LogP contribution in [0.1, 0.15) is 10.4 Å². The molecule has 0 bridgehead atoms. The Bertz CT molecular complexity index is 419. The number of hydrogen-bond donors (Lipinski definition) is 1. The third-order valence-corrected chi connectivity index (χ3v) is 2.52. The number of hydrogen-bond acceptors (Lipinski definition) is 3. The van der Waals surface area contributed by atoms with Gasteiger partial charge >= 0.3 is 0 Å². The molecule has 4 nitrogen and oxygen atoms in total. The summed E-state index contributed by atoms with van der Waals surface area (Å²) in [6, 6.07) is 1.37. The van der Waals surface area contributed by atoms with Crippen molar-refractivity contribution in [1.29, 1.82) is 0 Å².